The minimum atomic E-state index is -0.286. The molecule has 0 spiro atoms. The van der Waals surface area contributed by atoms with Crippen LogP contribution in [0.5, 0.6) is 0 Å². The van der Waals surface area contributed by atoms with Crippen molar-refractivity contribution >= 4 is 0 Å². The van der Waals surface area contributed by atoms with Gasteiger partial charge in [-0.2, -0.15) is 0 Å². The van der Waals surface area contributed by atoms with Gasteiger partial charge in [0.05, 0.1) is 17.8 Å². The second kappa shape index (κ2) is 6.88. The molecule has 1 saturated carbocycles. The van der Waals surface area contributed by atoms with Crippen molar-refractivity contribution in [2.45, 2.75) is 71.2 Å². The zero-order chi connectivity index (χ0) is 13.8. The van der Waals surface area contributed by atoms with Crippen LogP contribution in [0.2, 0.25) is 0 Å². The van der Waals surface area contributed by atoms with E-state index in [1.165, 1.54) is 0 Å². The van der Waals surface area contributed by atoms with E-state index in [2.05, 4.69) is 27.7 Å². The molecule has 1 fully saturated rings. The van der Waals surface area contributed by atoms with Gasteiger partial charge in [0.2, 0.25) is 0 Å². The summed E-state index contributed by atoms with van der Waals surface area (Å²) in [6.45, 7) is 9.30. The number of hydrogen-bond acceptors (Lipinski definition) is 3. The van der Waals surface area contributed by atoms with Gasteiger partial charge in [0.25, 0.3) is 0 Å². The van der Waals surface area contributed by atoms with Gasteiger partial charge in [-0.25, -0.2) is 0 Å². The smallest absolute Gasteiger partial charge is 0.0836 e. The molecule has 0 aromatic carbocycles. The van der Waals surface area contributed by atoms with Gasteiger partial charge < -0.3 is 14.6 Å². The maximum Gasteiger partial charge on any atom is 0.0836 e. The van der Waals surface area contributed by atoms with Gasteiger partial charge in [-0.3, -0.25) is 0 Å². The van der Waals surface area contributed by atoms with E-state index in [1.54, 1.807) is 7.11 Å². The first-order valence-electron chi connectivity index (χ1n) is 7.20. The molecule has 0 aliphatic heterocycles. The summed E-state index contributed by atoms with van der Waals surface area (Å²) >= 11 is 0. The summed E-state index contributed by atoms with van der Waals surface area (Å²) in [7, 11) is 1.73. The average molecular weight is 258 g/mol. The van der Waals surface area contributed by atoms with Gasteiger partial charge in [-0.1, -0.05) is 13.8 Å². The van der Waals surface area contributed by atoms with Crippen molar-refractivity contribution in [3.63, 3.8) is 0 Å². The Morgan fingerprint density at radius 3 is 2.50 bits per heavy atom. The quantitative estimate of drug-likeness (QED) is 0.796. The fraction of sp³-hybridized carbons (Fsp3) is 1.00. The van der Waals surface area contributed by atoms with Crippen molar-refractivity contribution < 1.29 is 14.6 Å². The molecule has 0 aromatic rings. The van der Waals surface area contributed by atoms with Gasteiger partial charge in [-0.05, 0) is 51.4 Å². The lowest BCUT2D eigenvalue weighted by Crippen LogP contribution is -2.38. The van der Waals surface area contributed by atoms with E-state index in [9.17, 15) is 5.11 Å². The van der Waals surface area contributed by atoms with Crippen LogP contribution in [0.15, 0.2) is 0 Å². The van der Waals surface area contributed by atoms with Crippen LogP contribution in [-0.4, -0.2) is 36.6 Å². The van der Waals surface area contributed by atoms with E-state index in [0.717, 1.165) is 25.7 Å². The molecule has 1 aliphatic rings. The summed E-state index contributed by atoms with van der Waals surface area (Å²) in [5.74, 6) is 1.37. The summed E-state index contributed by atoms with van der Waals surface area (Å²) in [5.41, 5.74) is -0.142. The van der Waals surface area contributed by atoms with Crippen LogP contribution in [-0.2, 0) is 9.47 Å². The molecule has 18 heavy (non-hydrogen) atoms. The summed E-state index contributed by atoms with van der Waals surface area (Å²) in [5, 5.41) is 10.00. The zero-order valence-corrected chi connectivity index (χ0v) is 12.6. The van der Waals surface area contributed by atoms with Crippen molar-refractivity contribution in [1.29, 1.82) is 0 Å². The molecule has 3 unspecified atom stereocenters. The fourth-order valence-corrected chi connectivity index (χ4v) is 2.49. The first kappa shape index (κ1) is 15.9. The van der Waals surface area contributed by atoms with Gasteiger partial charge in [-0.15, -0.1) is 0 Å². The van der Waals surface area contributed by atoms with Gasteiger partial charge in [0.15, 0.2) is 0 Å². The van der Waals surface area contributed by atoms with Crippen LogP contribution < -0.4 is 0 Å². The van der Waals surface area contributed by atoms with Crippen LogP contribution in [0, 0.1) is 11.8 Å². The Morgan fingerprint density at radius 2 is 1.94 bits per heavy atom. The van der Waals surface area contributed by atoms with Crippen molar-refractivity contribution in [3.05, 3.63) is 0 Å². The first-order chi connectivity index (χ1) is 8.35. The molecule has 0 heterocycles. The number of rotatable bonds is 6. The van der Waals surface area contributed by atoms with Crippen molar-refractivity contribution in [2.24, 2.45) is 11.8 Å². The minimum Gasteiger partial charge on any atom is -0.390 e. The summed E-state index contributed by atoms with van der Waals surface area (Å²) in [6.07, 6.45) is 3.58. The average Bonchev–Trinajstić information content (AvgIpc) is 2.31. The molecule has 0 bridgehead atoms. The molecule has 0 saturated heterocycles. The van der Waals surface area contributed by atoms with Crippen molar-refractivity contribution in [3.8, 4) is 0 Å². The number of ether oxygens (including phenoxy) is 2. The summed E-state index contributed by atoms with van der Waals surface area (Å²) in [4.78, 5) is 0. The van der Waals surface area contributed by atoms with E-state index in [0.29, 0.717) is 18.4 Å². The monoisotopic (exact) mass is 258 g/mol. The Kier molecular flexibility index (Phi) is 6.09. The highest BCUT2D eigenvalue weighted by molar-refractivity contribution is 4.82. The van der Waals surface area contributed by atoms with E-state index in [1.807, 2.05) is 0 Å². The van der Waals surface area contributed by atoms with Crippen LogP contribution in [0.25, 0.3) is 0 Å². The molecule has 3 heteroatoms. The van der Waals surface area contributed by atoms with E-state index in [-0.39, 0.29) is 17.8 Å². The zero-order valence-electron chi connectivity index (χ0n) is 12.6. The van der Waals surface area contributed by atoms with E-state index < -0.39 is 0 Å². The third-order valence-corrected chi connectivity index (χ3v) is 4.33. The lowest BCUT2D eigenvalue weighted by molar-refractivity contribution is -0.0917. The number of aliphatic hydroxyl groups is 1. The maximum atomic E-state index is 10.00. The largest absolute Gasteiger partial charge is 0.390 e. The molecule has 0 aromatic heterocycles. The summed E-state index contributed by atoms with van der Waals surface area (Å²) < 4.78 is 11.3. The molecule has 108 valence electrons. The second-order valence-corrected chi connectivity index (χ2v) is 6.51. The Balaban J connectivity index is 2.35. The Morgan fingerprint density at radius 1 is 1.28 bits per heavy atom. The molecule has 1 aliphatic carbocycles. The third-order valence-electron chi connectivity index (χ3n) is 4.33. The van der Waals surface area contributed by atoms with E-state index in [4.69, 9.17) is 9.47 Å². The highest BCUT2D eigenvalue weighted by Gasteiger charge is 2.31. The lowest BCUT2D eigenvalue weighted by Gasteiger charge is -2.35. The number of hydrogen-bond donors (Lipinski definition) is 1. The topological polar surface area (TPSA) is 38.7 Å². The number of methoxy groups -OCH3 is 1. The standard InChI is InChI=1S/C15H30O3/c1-11(2)12-6-7-13(16)14(10-12)18-9-8-15(3,4)17-5/h11-14,16H,6-10H2,1-5H3. The van der Waals surface area contributed by atoms with Crippen LogP contribution in [0.3, 0.4) is 0 Å². The summed E-state index contributed by atoms with van der Waals surface area (Å²) in [6, 6.07) is 0. The Hall–Kier alpha value is -0.120. The fourth-order valence-electron chi connectivity index (χ4n) is 2.49. The van der Waals surface area contributed by atoms with Crippen LogP contribution >= 0.6 is 0 Å². The molecule has 1 rings (SSSR count). The van der Waals surface area contributed by atoms with E-state index >= 15 is 0 Å². The molecule has 0 amide bonds. The molecule has 3 atom stereocenters. The normalized spacial score (nSPS) is 29.8. The molecule has 1 N–H and O–H groups in total. The number of aliphatic hydroxyl groups excluding tert-OH is 1. The van der Waals surface area contributed by atoms with Crippen molar-refractivity contribution in [2.75, 3.05) is 13.7 Å². The predicted octanol–water partition coefficient (Wildman–Crippen LogP) is 3.00. The van der Waals surface area contributed by atoms with Gasteiger partial charge in [0, 0.05) is 13.7 Å². The predicted molar refractivity (Wildman–Crippen MR) is 73.6 cm³/mol. The highest BCUT2D eigenvalue weighted by atomic mass is 16.5. The minimum absolute atomic E-state index is 0.0128. The Labute approximate surface area is 112 Å². The molecular formula is C15H30O3. The SMILES string of the molecule is COC(C)(C)CCOC1CC(C(C)C)CCC1O. The highest BCUT2D eigenvalue weighted by Crippen LogP contribution is 2.32. The lowest BCUT2D eigenvalue weighted by atomic mass is 9.79. The molecule has 3 nitrogen and oxygen atoms in total. The Bertz CT molecular complexity index is 238. The van der Waals surface area contributed by atoms with Gasteiger partial charge >= 0.3 is 0 Å². The molecular weight excluding hydrogens is 228 g/mol. The van der Waals surface area contributed by atoms with Crippen LogP contribution in [0.4, 0.5) is 0 Å². The maximum absolute atomic E-state index is 10.00. The van der Waals surface area contributed by atoms with Crippen molar-refractivity contribution in [1.82, 2.24) is 0 Å². The van der Waals surface area contributed by atoms with Gasteiger partial charge in [0.1, 0.15) is 0 Å². The third kappa shape index (κ3) is 4.87. The second-order valence-electron chi connectivity index (χ2n) is 6.51. The molecule has 0 radical (unpaired) electrons. The first-order valence-corrected chi connectivity index (χ1v) is 7.20. The van der Waals surface area contributed by atoms with Crippen LogP contribution in [0.1, 0.15) is 53.4 Å².